The molecule has 7 heteroatoms. The zero-order chi connectivity index (χ0) is 16.7. The van der Waals surface area contributed by atoms with E-state index in [0.717, 1.165) is 41.9 Å². The summed E-state index contributed by atoms with van der Waals surface area (Å²) in [6.07, 6.45) is 2.53. The van der Waals surface area contributed by atoms with Crippen LogP contribution in [0.1, 0.15) is 44.2 Å². The van der Waals surface area contributed by atoms with Crippen molar-refractivity contribution in [3.8, 4) is 0 Å². The molecular formula is C17H27IN4OS. The third-order valence-electron chi connectivity index (χ3n) is 3.28. The number of hydrogen-bond acceptors (Lipinski definition) is 4. The monoisotopic (exact) mass is 462 g/mol. The van der Waals surface area contributed by atoms with Gasteiger partial charge in [0, 0.05) is 30.3 Å². The summed E-state index contributed by atoms with van der Waals surface area (Å²) in [6, 6.07) is 3.89. The summed E-state index contributed by atoms with van der Waals surface area (Å²) in [4.78, 5) is 9.29. The number of hydrogen-bond donors (Lipinski definition) is 2. The van der Waals surface area contributed by atoms with E-state index >= 15 is 0 Å². The van der Waals surface area contributed by atoms with Gasteiger partial charge in [0.15, 0.2) is 5.96 Å². The normalized spacial score (nSPS) is 11.9. The highest BCUT2D eigenvalue weighted by Gasteiger charge is 2.17. The maximum atomic E-state index is 5.33. The predicted octanol–water partition coefficient (Wildman–Crippen LogP) is 3.95. The van der Waals surface area contributed by atoms with Crippen molar-refractivity contribution in [1.82, 2.24) is 15.6 Å². The van der Waals surface area contributed by atoms with Crippen molar-refractivity contribution in [2.75, 3.05) is 13.1 Å². The van der Waals surface area contributed by atoms with E-state index in [-0.39, 0.29) is 29.4 Å². The summed E-state index contributed by atoms with van der Waals surface area (Å²) in [6.45, 7) is 10.8. The minimum absolute atomic E-state index is 0. The smallest absolute Gasteiger partial charge is 0.191 e. The van der Waals surface area contributed by atoms with Crippen molar-refractivity contribution in [2.24, 2.45) is 4.99 Å². The summed E-state index contributed by atoms with van der Waals surface area (Å²) < 4.78 is 5.33. The van der Waals surface area contributed by atoms with Gasteiger partial charge in [0.25, 0.3) is 0 Å². The fraction of sp³-hybridized carbons (Fsp3) is 0.529. The largest absolute Gasteiger partial charge is 0.469 e. The number of nitrogens with zero attached hydrogens (tertiary/aromatic N) is 2. The third kappa shape index (κ3) is 6.80. The molecule has 0 radical (unpaired) electrons. The van der Waals surface area contributed by atoms with Gasteiger partial charge in [-0.2, -0.15) is 0 Å². The number of rotatable bonds is 6. The first kappa shape index (κ1) is 21.0. The molecule has 0 atom stereocenters. The molecule has 0 bridgehead atoms. The van der Waals surface area contributed by atoms with Gasteiger partial charge in [0.2, 0.25) is 0 Å². The highest BCUT2D eigenvalue weighted by molar-refractivity contribution is 14.0. The van der Waals surface area contributed by atoms with E-state index in [1.165, 1.54) is 0 Å². The van der Waals surface area contributed by atoms with Crippen LogP contribution in [0.3, 0.4) is 0 Å². The van der Waals surface area contributed by atoms with Gasteiger partial charge in [-0.15, -0.1) is 35.3 Å². The van der Waals surface area contributed by atoms with Gasteiger partial charge >= 0.3 is 0 Å². The Kier molecular flexibility index (Phi) is 8.75. The number of aliphatic imine (C=N–C) groups is 1. The molecule has 24 heavy (non-hydrogen) atoms. The zero-order valence-corrected chi connectivity index (χ0v) is 17.9. The van der Waals surface area contributed by atoms with Gasteiger partial charge < -0.3 is 15.1 Å². The van der Waals surface area contributed by atoms with Crippen molar-refractivity contribution in [2.45, 2.75) is 46.1 Å². The van der Waals surface area contributed by atoms with E-state index in [1.807, 2.05) is 12.1 Å². The van der Waals surface area contributed by atoms with E-state index in [1.54, 1.807) is 17.6 Å². The molecule has 2 aromatic heterocycles. The molecule has 0 fully saturated rings. The van der Waals surface area contributed by atoms with Crippen molar-refractivity contribution in [1.29, 1.82) is 0 Å². The molecule has 0 saturated carbocycles. The van der Waals surface area contributed by atoms with Crippen molar-refractivity contribution < 1.29 is 4.42 Å². The molecule has 134 valence electrons. The first-order chi connectivity index (χ1) is 11.0. The summed E-state index contributed by atoms with van der Waals surface area (Å²) in [5.74, 6) is 1.79. The number of aromatic nitrogens is 1. The third-order valence-corrected chi connectivity index (χ3v) is 4.11. The number of nitrogens with one attached hydrogen (secondary N) is 2. The average Bonchev–Trinajstić information content (AvgIpc) is 3.15. The fourth-order valence-electron chi connectivity index (χ4n) is 1.98. The van der Waals surface area contributed by atoms with Crippen LogP contribution in [-0.2, 0) is 18.4 Å². The molecule has 0 unspecified atom stereocenters. The minimum atomic E-state index is 0. The summed E-state index contributed by atoms with van der Waals surface area (Å²) in [5.41, 5.74) is 1.22. The number of halogens is 1. The Balaban J connectivity index is 0.00000288. The van der Waals surface area contributed by atoms with Crippen LogP contribution >= 0.6 is 35.3 Å². The van der Waals surface area contributed by atoms with Crippen LogP contribution < -0.4 is 10.6 Å². The van der Waals surface area contributed by atoms with E-state index in [2.05, 4.69) is 53.7 Å². The van der Waals surface area contributed by atoms with Gasteiger partial charge in [-0.1, -0.05) is 20.8 Å². The zero-order valence-electron chi connectivity index (χ0n) is 14.8. The van der Waals surface area contributed by atoms with Gasteiger partial charge in [-0.25, -0.2) is 9.98 Å². The highest BCUT2D eigenvalue weighted by Crippen LogP contribution is 2.24. The highest BCUT2D eigenvalue weighted by atomic mass is 127. The van der Waals surface area contributed by atoms with Crippen LogP contribution in [0.2, 0.25) is 0 Å². The van der Waals surface area contributed by atoms with Crippen molar-refractivity contribution >= 4 is 41.3 Å². The summed E-state index contributed by atoms with van der Waals surface area (Å²) in [7, 11) is 0. The van der Waals surface area contributed by atoms with Crippen LogP contribution in [-0.4, -0.2) is 24.0 Å². The minimum Gasteiger partial charge on any atom is -0.469 e. The summed E-state index contributed by atoms with van der Waals surface area (Å²) in [5, 5.41) is 9.74. The van der Waals surface area contributed by atoms with Gasteiger partial charge in [0.05, 0.1) is 18.5 Å². The molecule has 5 nitrogen and oxygen atoms in total. The molecule has 0 amide bonds. The quantitative estimate of drug-likeness (QED) is 0.388. The fourth-order valence-corrected chi connectivity index (χ4v) is 2.92. The molecule has 2 N–H and O–H groups in total. The first-order valence-corrected chi connectivity index (χ1v) is 8.86. The Morgan fingerprint density at radius 2 is 2.12 bits per heavy atom. The standard InChI is InChI=1S/C17H26N4OS.HI/c1-5-18-16(19-9-8-13-7-6-10-22-13)20-11-15-21-14(12-23-15)17(2,3)4;/h6-7,10,12H,5,8-9,11H2,1-4H3,(H2,18,19,20);1H. The van der Waals surface area contributed by atoms with Crippen LogP contribution in [0.25, 0.3) is 0 Å². The molecule has 0 aliphatic rings. The molecular weight excluding hydrogens is 435 g/mol. The van der Waals surface area contributed by atoms with Crippen molar-refractivity contribution in [3.63, 3.8) is 0 Å². The van der Waals surface area contributed by atoms with Crippen LogP contribution in [0.5, 0.6) is 0 Å². The second-order valence-electron chi connectivity index (χ2n) is 6.33. The predicted molar refractivity (Wildman–Crippen MR) is 111 cm³/mol. The Bertz CT molecular complexity index is 617. The molecule has 0 saturated heterocycles. The molecule has 0 aliphatic heterocycles. The number of thiazole rings is 1. The van der Waals surface area contributed by atoms with Gasteiger partial charge in [-0.3, -0.25) is 0 Å². The molecule has 2 rings (SSSR count). The van der Waals surface area contributed by atoms with E-state index in [9.17, 15) is 0 Å². The SMILES string of the molecule is CCNC(=NCc1nc(C(C)(C)C)cs1)NCCc1ccco1.I. The molecule has 2 heterocycles. The maximum Gasteiger partial charge on any atom is 0.191 e. The Morgan fingerprint density at radius 1 is 1.33 bits per heavy atom. The molecule has 0 aromatic carbocycles. The van der Waals surface area contributed by atoms with Gasteiger partial charge in [-0.05, 0) is 19.1 Å². The molecule has 0 spiro atoms. The lowest BCUT2D eigenvalue weighted by Crippen LogP contribution is -2.38. The lowest BCUT2D eigenvalue weighted by Gasteiger charge is -2.14. The lowest BCUT2D eigenvalue weighted by molar-refractivity contribution is 0.507. The van der Waals surface area contributed by atoms with E-state index in [4.69, 9.17) is 4.42 Å². The second kappa shape index (κ2) is 10.0. The Labute approximate surface area is 165 Å². The van der Waals surface area contributed by atoms with Gasteiger partial charge in [0.1, 0.15) is 10.8 Å². The van der Waals surface area contributed by atoms with Crippen molar-refractivity contribution in [3.05, 3.63) is 40.2 Å². The van der Waals surface area contributed by atoms with E-state index < -0.39 is 0 Å². The number of guanidine groups is 1. The lowest BCUT2D eigenvalue weighted by atomic mass is 9.93. The second-order valence-corrected chi connectivity index (χ2v) is 7.27. The van der Waals surface area contributed by atoms with Crippen LogP contribution in [0.4, 0.5) is 0 Å². The topological polar surface area (TPSA) is 62.5 Å². The summed E-state index contributed by atoms with van der Waals surface area (Å²) >= 11 is 1.67. The average molecular weight is 462 g/mol. The number of furan rings is 1. The van der Waals surface area contributed by atoms with Crippen LogP contribution in [0.15, 0.2) is 33.2 Å². The van der Waals surface area contributed by atoms with Crippen LogP contribution in [0, 0.1) is 0 Å². The van der Waals surface area contributed by atoms with E-state index in [0.29, 0.717) is 6.54 Å². The Morgan fingerprint density at radius 3 is 2.71 bits per heavy atom. The molecule has 0 aliphatic carbocycles. The Hall–Kier alpha value is -1.09. The first-order valence-electron chi connectivity index (χ1n) is 7.98. The maximum absolute atomic E-state index is 5.33. The molecule has 2 aromatic rings.